The SMILES string of the molecule is CC(NC(=O)C1CC(=O)N(c2ccc(F)c([N+](=O)[O-])c2)C1)c1cc2ccccc2o1. The summed E-state index contributed by atoms with van der Waals surface area (Å²) in [5.74, 6) is -1.69. The molecular formula is C21H18FN3O5. The molecule has 0 saturated carbocycles. The number of nitrogens with zero attached hydrogens (tertiary/aromatic N) is 2. The third-order valence-electron chi connectivity index (χ3n) is 5.16. The van der Waals surface area contributed by atoms with Crippen LogP contribution < -0.4 is 10.2 Å². The molecule has 2 heterocycles. The molecule has 0 aliphatic carbocycles. The van der Waals surface area contributed by atoms with Crippen molar-refractivity contribution in [2.24, 2.45) is 5.92 Å². The maximum absolute atomic E-state index is 13.6. The number of furan rings is 1. The van der Waals surface area contributed by atoms with Crippen LogP contribution in [0, 0.1) is 21.8 Å². The van der Waals surface area contributed by atoms with Crippen molar-refractivity contribution in [2.45, 2.75) is 19.4 Å². The molecule has 2 aromatic carbocycles. The summed E-state index contributed by atoms with van der Waals surface area (Å²) in [7, 11) is 0. The molecule has 9 heteroatoms. The van der Waals surface area contributed by atoms with Crippen LogP contribution in [0.3, 0.4) is 0 Å². The second-order valence-electron chi connectivity index (χ2n) is 7.22. The zero-order valence-electron chi connectivity index (χ0n) is 16.0. The van der Waals surface area contributed by atoms with Crippen LogP contribution in [0.5, 0.6) is 0 Å². The van der Waals surface area contributed by atoms with Gasteiger partial charge in [-0.05, 0) is 31.2 Å². The molecule has 154 valence electrons. The number of carbonyl (C=O) groups is 2. The van der Waals surface area contributed by atoms with Gasteiger partial charge >= 0.3 is 5.69 Å². The van der Waals surface area contributed by atoms with Gasteiger partial charge in [-0.2, -0.15) is 4.39 Å². The summed E-state index contributed by atoms with van der Waals surface area (Å²) in [6, 6.07) is 12.2. The van der Waals surface area contributed by atoms with Crippen LogP contribution in [-0.2, 0) is 9.59 Å². The predicted molar refractivity (Wildman–Crippen MR) is 106 cm³/mol. The topological polar surface area (TPSA) is 106 Å². The van der Waals surface area contributed by atoms with Crippen LogP contribution in [0.25, 0.3) is 11.0 Å². The summed E-state index contributed by atoms with van der Waals surface area (Å²) in [6.45, 7) is 1.84. The van der Waals surface area contributed by atoms with E-state index in [1.807, 2.05) is 30.3 Å². The van der Waals surface area contributed by atoms with Crippen LogP contribution in [0.1, 0.15) is 25.1 Å². The molecule has 1 aromatic heterocycles. The maximum atomic E-state index is 13.6. The molecule has 3 aromatic rings. The van der Waals surface area contributed by atoms with Gasteiger partial charge in [-0.25, -0.2) is 0 Å². The second kappa shape index (κ2) is 7.58. The van der Waals surface area contributed by atoms with Crippen molar-refractivity contribution in [3.63, 3.8) is 0 Å². The van der Waals surface area contributed by atoms with E-state index in [-0.39, 0.29) is 30.5 Å². The average molecular weight is 411 g/mol. The number of para-hydroxylation sites is 1. The Morgan fingerprint density at radius 2 is 2.07 bits per heavy atom. The maximum Gasteiger partial charge on any atom is 0.306 e. The van der Waals surface area contributed by atoms with Gasteiger partial charge in [0.05, 0.1) is 22.6 Å². The lowest BCUT2D eigenvalue weighted by Crippen LogP contribution is -2.34. The normalized spacial score (nSPS) is 17.3. The molecule has 8 nitrogen and oxygen atoms in total. The van der Waals surface area contributed by atoms with E-state index in [4.69, 9.17) is 4.42 Å². The Labute approximate surface area is 170 Å². The van der Waals surface area contributed by atoms with Crippen molar-refractivity contribution < 1.29 is 23.3 Å². The summed E-state index contributed by atoms with van der Waals surface area (Å²) in [5, 5.41) is 14.7. The van der Waals surface area contributed by atoms with Crippen molar-refractivity contribution in [1.82, 2.24) is 5.32 Å². The number of hydrogen-bond donors (Lipinski definition) is 1. The van der Waals surface area contributed by atoms with Gasteiger partial charge in [-0.1, -0.05) is 18.2 Å². The van der Waals surface area contributed by atoms with E-state index in [1.165, 1.54) is 11.0 Å². The first-order chi connectivity index (χ1) is 14.3. The van der Waals surface area contributed by atoms with E-state index < -0.39 is 28.4 Å². The molecule has 0 spiro atoms. The number of hydrogen-bond acceptors (Lipinski definition) is 5. The Balaban J connectivity index is 1.46. The van der Waals surface area contributed by atoms with Crippen molar-refractivity contribution in [3.8, 4) is 0 Å². The van der Waals surface area contributed by atoms with Crippen molar-refractivity contribution in [3.05, 3.63) is 70.2 Å². The lowest BCUT2D eigenvalue weighted by Gasteiger charge is -2.18. The van der Waals surface area contributed by atoms with Gasteiger partial charge < -0.3 is 14.6 Å². The van der Waals surface area contributed by atoms with Crippen molar-refractivity contribution >= 4 is 34.2 Å². The molecule has 1 aliphatic rings. The van der Waals surface area contributed by atoms with Crippen LogP contribution in [0.4, 0.5) is 15.8 Å². The highest BCUT2D eigenvalue weighted by Gasteiger charge is 2.36. The minimum absolute atomic E-state index is 0.0378. The van der Waals surface area contributed by atoms with Crippen molar-refractivity contribution in [2.75, 3.05) is 11.4 Å². The molecule has 0 radical (unpaired) electrons. The van der Waals surface area contributed by atoms with E-state index in [0.29, 0.717) is 11.3 Å². The third-order valence-corrected chi connectivity index (χ3v) is 5.16. The highest BCUT2D eigenvalue weighted by atomic mass is 19.1. The van der Waals surface area contributed by atoms with Crippen LogP contribution in [0.2, 0.25) is 0 Å². The van der Waals surface area contributed by atoms with E-state index in [9.17, 15) is 24.1 Å². The van der Waals surface area contributed by atoms with Crippen LogP contribution in [-0.4, -0.2) is 23.3 Å². The number of benzene rings is 2. The monoisotopic (exact) mass is 411 g/mol. The predicted octanol–water partition coefficient (Wildman–Crippen LogP) is 3.71. The summed E-state index contributed by atoms with van der Waals surface area (Å²) in [5.41, 5.74) is 0.189. The zero-order valence-corrected chi connectivity index (χ0v) is 16.0. The molecule has 4 rings (SSSR count). The molecule has 0 bridgehead atoms. The lowest BCUT2D eigenvalue weighted by molar-refractivity contribution is -0.387. The number of amides is 2. The highest BCUT2D eigenvalue weighted by molar-refractivity contribution is 6.00. The molecule has 2 atom stereocenters. The molecule has 2 unspecified atom stereocenters. The van der Waals surface area contributed by atoms with Gasteiger partial charge in [0.2, 0.25) is 17.6 Å². The fourth-order valence-electron chi connectivity index (χ4n) is 3.56. The van der Waals surface area contributed by atoms with Gasteiger partial charge in [-0.15, -0.1) is 0 Å². The summed E-state index contributed by atoms with van der Waals surface area (Å²) in [6.07, 6.45) is -0.0378. The van der Waals surface area contributed by atoms with Crippen LogP contribution >= 0.6 is 0 Å². The number of anilines is 1. The second-order valence-corrected chi connectivity index (χ2v) is 7.22. The fourth-order valence-corrected chi connectivity index (χ4v) is 3.56. The minimum atomic E-state index is -0.982. The summed E-state index contributed by atoms with van der Waals surface area (Å²) < 4.78 is 19.3. The number of halogens is 1. The Bertz CT molecular complexity index is 1130. The Morgan fingerprint density at radius 1 is 1.30 bits per heavy atom. The summed E-state index contributed by atoms with van der Waals surface area (Å²) in [4.78, 5) is 36.5. The highest BCUT2D eigenvalue weighted by Crippen LogP contribution is 2.30. The Kier molecular flexibility index (Phi) is 4.94. The molecule has 1 N–H and O–H groups in total. The molecule has 2 amide bonds. The smallest absolute Gasteiger partial charge is 0.306 e. The number of rotatable bonds is 5. The number of nitro benzene ring substituents is 1. The van der Waals surface area contributed by atoms with Gasteiger partial charge in [-0.3, -0.25) is 19.7 Å². The molecule has 1 aliphatic heterocycles. The fraction of sp³-hybridized carbons (Fsp3) is 0.238. The largest absolute Gasteiger partial charge is 0.459 e. The summed E-state index contributed by atoms with van der Waals surface area (Å²) >= 11 is 0. The third kappa shape index (κ3) is 3.61. The van der Waals surface area contributed by atoms with Gasteiger partial charge in [0, 0.05) is 24.4 Å². The minimum Gasteiger partial charge on any atom is -0.459 e. The number of carbonyl (C=O) groups excluding carboxylic acids is 2. The van der Waals surface area contributed by atoms with Gasteiger partial charge in [0.1, 0.15) is 11.3 Å². The Hall–Kier alpha value is -3.75. The standard InChI is InChI=1S/C21H18FN3O5/c1-12(19-8-13-4-2-3-5-18(13)30-19)23-21(27)14-9-20(26)24(11-14)15-6-7-16(22)17(10-15)25(28)29/h2-8,10,12,14H,9,11H2,1H3,(H,23,27). The quantitative estimate of drug-likeness (QED) is 0.509. The first-order valence-corrected chi connectivity index (χ1v) is 9.36. The van der Waals surface area contributed by atoms with Crippen LogP contribution in [0.15, 0.2) is 52.9 Å². The average Bonchev–Trinajstić information content (AvgIpc) is 3.32. The van der Waals surface area contributed by atoms with Gasteiger partial charge in [0.25, 0.3) is 0 Å². The number of nitrogens with one attached hydrogen (secondary N) is 1. The van der Waals surface area contributed by atoms with Gasteiger partial charge in [0.15, 0.2) is 0 Å². The molecule has 30 heavy (non-hydrogen) atoms. The Morgan fingerprint density at radius 3 is 2.80 bits per heavy atom. The van der Waals surface area contributed by atoms with E-state index in [1.54, 1.807) is 6.92 Å². The number of nitro groups is 1. The van der Waals surface area contributed by atoms with E-state index in [2.05, 4.69) is 5.32 Å². The zero-order chi connectivity index (χ0) is 21.4. The molecular weight excluding hydrogens is 393 g/mol. The van der Waals surface area contributed by atoms with E-state index >= 15 is 0 Å². The molecule has 1 saturated heterocycles. The first-order valence-electron chi connectivity index (χ1n) is 9.36. The lowest BCUT2D eigenvalue weighted by atomic mass is 10.1. The number of fused-ring (bicyclic) bond motifs is 1. The molecule has 1 fully saturated rings. The first kappa shape index (κ1) is 19.6. The van der Waals surface area contributed by atoms with E-state index in [0.717, 1.165) is 17.5 Å². The van der Waals surface area contributed by atoms with Crippen molar-refractivity contribution in [1.29, 1.82) is 0 Å².